The number of benzene rings is 2. The summed E-state index contributed by atoms with van der Waals surface area (Å²) in [5, 5.41) is 10.0. The van der Waals surface area contributed by atoms with Crippen LogP contribution < -0.4 is 9.04 Å². The normalized spacial score (nSPS) is 22.7. The van der Waals surface area contributed by atoms with Crippen molar-refractivity contribution in [2.24, 2.45) is 5.92 Å². The summed E-state index contributed by atoms with van der Waals surface area (Å²) in [6, 6.07) is 7.15. The van der Waals surface area contributed by atoms with Crippen LogP contribution in [0.4, 0.5) is 15.8 Å². The number of hydrogen-bond acceptors (Lipinski definition) is 5. The minimum Gasteiger partial charge on any atom is -0.492 e. The number of nitrogens with zero attached hydrogens (tertiary/aromatic N) is 2. The van der Waals surface area contributed by atoms with Gasteiger partial charge >= 0.3 is 5.97 Å². The van der Waals surface area contributed by atoms with Crippen LogP contribution in [0.1, 0.15) is 53.6 Å². The summed E-state index contributed by atoms with van der Waals surface area (Å²) in [5.41, 5.74) is 2.30. The first kappa shape index (κ1) is 22.9. The zero-order chi connectivity index (χ0) is 24.0. The van der Waals surface area contributed by atoms with E-state index in [0.717, 1.165) is 54.3 Å². The Labute approximate surface area is 199 Å². The lowest BCUT2D eigenvalue weighted by Gasteiger charge is -2.28. The van der Waals surface area contributed by atoms with Crippen LogP contribution in [-0.4, -0.2) is 50.6 Å². The van der Waals surface area contributed by atoms with E-state index in [1.54, 1.807) is 6.07 Å². The number of hydrogen-bond donors (Lipinski definition) is 2. The van der Waals surface area contributed by atoms with E-state index in [0.29, 0.717) is 18.1 Å². The minimum absolute atomic E-state index is 0.00783. The maximum absolute atomic E-state index is 14.3. The molecule has 2 aromatic rings. The fourth-order valence-corrected chi connectivity index (χ4v) is 5.85. The third-order valence-electron chi connectivity index (χ3n) is 6.96. The molecule has 2 aromatic carbocycles. The predicted molar refractivity (Wildman–Crippen MR) is 128 cm³/mol. The molecule has 9 heteroatoms. The highest BCUT2D eigenvalue weighted by Gasteiger charge is 2.45. The molecule has 1 saturated heterocycles. The number of likely N-dealkylation sites (N-methyl/N-ethyl adjacent to an activating group) is 1. The zero-order valence-electron chi connectivity index (χ0n) is 18.9. The Morgan fingerprint density at radius 3 is 2.82 bits per heavy atom. The van der Waals surface area contributed by atoms with Gasteiger partial charge in [-0.05, 0) is 68.1 Å². The highest BCUT2D eigenvalue weighted by atomic mass is 32.2. The lowest BCUT2D eigenvalue weighted by molar-refractivity contribution is 0.0692. The first-order chi connectivity index (χ1) is 16.4. The van der Waals surface area contributed by atoms with Gasteiger partial charge in [-0.2, -0.15) is 0 Å². The molecule has 2 aliphatic heterocycles. The number of rotatable bonds is 6. The summed E-state index contributed by atoms with van der Waals surface area (Å²) in [4.78, 5) is 14.6. The molecule has 34 heavy (non-hydrogen) atoms. The predicted octanol–water partition coefficient (Wildman–Crippen LogP) is 4.18. The van der Waals surface area contributed by atoms with Crippen LogP contribution in [0.15, 0.2) is 35.9 Å². The zero-order valence-corrected chi connectivity index (χ0v) is 19.8. The van der Waals surface area contributed by atoms with Crippen molar-refractivity contribution in [1.82, 2.24) is 4.90 Å². The molecule has 0 aromatic heterocycles. The van der Waals surface area contributed by atoms with Crippen molar-refractivity contribution in [3.63, 3.8) is 0 Å². The number of likely N-dealkylation sites (tertiary alicyclic amines) is 1. The maximum atomic E-state index is 14.3. The summed E-state index contributed by atoms with van der Waals surface area (Å²) >= 11 is 0. The molecule has 2 heterocycles. The minimum atomic E-state index is -3.28. The Bertz CT molecular complexity index is 1250. The van der Waals surface area contributed by atoms with Gasteiger partial charge in [0.2, 0.25) is 10.9 Å². The van der Waals surface area contributed by atoms with Crippen molar-refractivity contribution >= 4 is 34.3 Å². The van der Waals surface area contributed by atoms with Crippen LogP contribution in [0.2, 0.25) is 0 Å². The maximum Gasteiger partial charge on any atom is 0.341 e. The van der Waals surface area contributed by atoms with E-state index < -0.39 is 22.7 Å². The standard InChI is InChI=1S/C25H27FN2O5S/c1-2-27-9-3-4-15(13-27)10-16-11-18(26)5-7-21(16)28(34(31)32)22-8-6-19-20-12-17(20)14-33-24(19)23(22)25(29)30/h5-8,10-11,17,20,34H,2-4,9,12-14H2,1H3,(H,29,30)/t17-,20-/m0/s1. The second kappa shape index (κ2) is 9.03. The van der Waals surface area contributed by atoms with Crippen molar-refractivity contribution in [1.29, 1.82) is 0 Å². The number of carboxylic acids is 1. The van der Waals surface area contributed by atoms with Crippen LogP contribution >= 0.6 is 0 Å². The SMILES string of the molecule is CCN1CCCC(=Cc2cc(F)ccc2N(c2ccc3c(c2C(=O)O)OC[C@@H]2C[C@H]32)[SH](=O)=O)C1. The van der Waals surface area contributed by atoms with Crippen molar-refractivity contribution < 1.29 is 27.4 Å². The van der Waals surface area contributed by atoms with Gasteiger partial charge in [-0.15, -0.1) is 0 Å². The number of fused-ring (bicyclic) bond motifs is 3. The van der Waals surface area contributed by atoms with Gasteiger partial charge in [0, 0.05) is 18.0 Å². The number of aromatic carboxylic acids is 1. The van der Waals surface area contributed by atoms with Crippen LogP contribution in [0.5, 0.6) is 5.75 Å². The van der Waals surface area contributed by atoms with E-state index in [1.165, 1.54) is 24.3 Å². The molecule has 0 amide bonds. The lowest BCUT2D eigenvalue weighted by Crippen LogP contribution is -2.30. The average molecular weight is 487 g/mol. The summed E-state index contributed by atoms with van der Waals surface area (Å²) < 4.78 is 46.1. The first-order valence-electron chi connectivity index (χ1n) is 11.6. The summed E-state index contributed by atoms with van der Waals surface area (Å²) in [6.45, 7) is 5.11. The number of thiol groups is 1. The van der Waals surface area contributed by atoms with Crippen molar-refractivity contribution in [3.8, 4) is 5.75 Å². The highest BCUT2D eigenvalue weighted by Crippen LogP contribution is 2.56. The molecule has 1 aliphatic carbocycles. The van der Waals surface area contributed by atoms with E-state index in [2.05, 4.69) is 11.8 Å². The Kier molecular flexibility index (Phi) is 6.07. The van der Waals surface area contributed by atoms with Crippen LogP contribution in [-0.2, 0) is 10.9 Å². The molecular weight excluding hydrogens is 459 g/mol. The van der Waals surface area contributed by atoms with Gasteiger partial charge in [-0.1, -0.05) is 24.6 Å². The Morgan fingerprint density at radius 1 is 1.29 bits per heavy atom. The second-order valence-electron chi connectivity index (χ2n) is 9.12. The number of halogens is 1. The summed E-state index contributed by atoms with van der Waals surface area (Å²) in [5.74, 6) is -0.879. The number of piperidine rings is 1. The van der Waals surface area contributed by atoms with Gasteiger partial charge < -0.3 is 9.84 Å². The second-order valence-corrected chi connectivity index (χ2v) is 10.00. The first-order valence-corrected chi connectivity index (χ1v) is 12.7. The molecule has 1 N–H and O–H groups in total. The number of ether oxygens (including phenoxy) is 1. The average Bonchev–Trinajstić information content (AvgIpc) is 3.60. The van der Waals surface area contributed by atoms with Gasteiger partial charge in [0.25, 0.3) is 0 Å². The van der Waals surface area contributed by atoms with Crippen molar-refractivity contribution in [2.75, 3.05) is 30.5 Å². The summed E-state index contributed by atoms with van der Waals surface area (Å²) in [7, 11) is -3.28. The third kappa shape index (κ3) is 4.18. The topological polar surface area (TPSA) is 87.2 Å². The highest BCUT2D eigenvalue weighted by molar-refractivity contribution is 7.74. The largest absolute Gasteiger partial charge is 0.492 e. The van der Waals surface area contributed by atoms with E-state index in [1.807, 2.05) is 6.08 Å². The monoisotopic (exact) mass is 486 g/mol. The van der Waals surface area contributed by atoms with Crippen LogP contribution in [0.3, 0.4) is 0 Å². The molecule has 0 spiro atoms. The van der Waals surface area contributed by atoms with E-state index in [-0.39, 0.29) is 28.6 Å². The number of carbonyl (C=O) groups is 1. The molecular formula is C25H27FN2O5S. The molecule has 2 atom stereocenters. The smallest absolute Gasteiger partial charge is 0.341 e. The van der Waals surface area contributed by atoms with Gasteiger partial charge in [0.05, 0.1) is 18.0 Å². The molecule has 0 bridgehead atoms. The number of carboxylic acid groups (broad SMARTS) is 1. The molecule has 0 unspecified atom stereocenters. The number of anilines is 2. The molecule has 180 valence electrons. The fraction of sp³-hybridized carbons (Fsp3) is 0.400. The Balaban J connectivity index is 1.64. The summed E-state index contributed by atoms with van der Waals surface area (Å²) in [6.07, 6.45) is 4.58. The van der Waals surface area contributed by atoms with Gasteiger partial charge in [0.1, 0.15) is 17.1 Å². The molecule has 2 fully saturated rings. The Morgan fingerprint density at radius 2 is 2.09 bits per heavy atom. The van der Waals surface area contributed by atoms with E-state index >= 15 is 0 Å². The lowest BCUT2D eigenvalue weighted by atomic mass is 9.99. The molecule has 5 rings (SSSR count). The van der Waals surface area contributed by atoms with Gasteiger partial charge in [-0.25, -0.2) is 21.9 Å². The van der Waals surface area contributed by atoms with Gasteiger partial charge in [-0.3, -0.25) is 4.90 Å². The van der Waals surface area contributed by atoms with Crippen molar-refractivity contribution in [2.45, 2.75) is 32.1 Å². The molecule has 0 radical (unpaired) electrons. The molecule has 7 nitrogen and oxygen atoms in total. The molecule has 1 saturated carbocycles. The third-order valence-corrected chi connectivity index (χ3v) is 7.72. The van der Waals surface area contributed by atoms with Crippen molar-refractivity contribution in [3.05, 3.63) is 58.4 Å². The van der Waals surface area contributed by atoms with Crippen LogP contribution in [0, 0.1) is 11.7 Å². The quantitative estimate of drug-likeness (QED) is 0.596. The van der Waals surface area contributed by atoms with Crippen LogP contribution in [0.25, 0.3) is 6.08 Å². The fourth-order valence-electron chi connectivity index (χ4n) is 5.14. The Hall–Kier alpha value is -2.91. The van der Waals surface area contributed by atoms with Gasteiger partial charge in [0.15, 0.2) is 0 Å². The van der Waals surface area contributed by atoms with E-state index in [4.69, 9.17) is 4.74 Å². The molecule has 3 aliphatic rings. The van der Waals surface area contributed by atoms with E-state index in [9.17, 15) is 22.7 Å².